The van der Waals surface area contributed by atoms with Crippen LogP contribution < -0.4 is 10.6 Å². The van der Waals surface area contributed by atoms with Gasteiger partial charge in [0.15, 0.2) is 11.7 Å². The van der Waals surface area contributed by atoms with E-state index in [4.69, 9.17) is 9.26 Å². The third-order valence-corrected chi connectivity index (χ3v) is 4.59. The molecule has 1 aromatic heterocycles. The molecule has 0 unspecified atom stereocenters. The molecule has 1 aliphatic carbocycles. The van der Waals surface area contributed by atoms with E-state index in [-0.39, 0.29) is 24.0 Å². The molecule has 1 aliphatic rings. The molecule has 0 amide bonds. The summed E-state index contributed by atoms with van der Waals surface area (Å²) in [6.45, 7) is 7.26. The minimum atomic E-state index is 0. The molecule has 0 radical (unpaired) electrons. The Morgan fingerprint density at radius 1 is 1.38 bits per heavy atom. The van der Waals surface area contributed by atoms with E-state index in [1.54, 1.807) is 7.11 Å². The predicted octanol–water partition coefficient (Wildman–Crippen LogP) is 3.12. The SMILES string of the molecule is CCNC(=NCc1cc(CC)no1)NCC1(CCOC)CCC1.I. The first-order chi connectivity index (χ1) is 11.2. The number of aryl methyl sites for hydroxylation is 1. The first-order valence-corrected chi connectivity index (χ1v) is 8.67. The fourth-order valence-corrected chi connectivity index (χ4v) is 2.88. The molecule has 1 heterocycles. The minimum Gasteiger partial charge on any atom is -0.385 e. The summed E-state index contributed by atoms with van der Waals surface area (Å²) in [6.07, 6.45) is 5.85. The second-order valence-electron chi connectivity index (χ2n) is 6.28. The van der Waals surface area contributed by atoms with Crippen LogP contribution in [0.3, 0.4) is 0 Å². The first kappa shape index (κ1) is 21.2. The lowest BCUT2D eigenvalue weighted by atomic mass is 9.67. The molecule has 0 saturated heterocycles. The molecule has 0 bridgehead atoms. The van der Waals surface area contributed by atoms with Crippen molar-refractivity contribution < 1.29 is 9.26 Å². The fraction of sp³-hybridized carbons (Fsp3) is 0.765. The number of hydrogen-bond acceptors (Lipinski definition) is 4. The molecule has 0 aromatic carbocycles. The standard InChI is InChI=1S/C17H30N4O2.HI/c1-4-14-11-15(23-21-14)12-19-16(18-5-2)20-13-17(7-6-8-17)9-10-22-3;/h11H,4-10,12-13H2,1-3H3,(H2,18,19,20);1H. The molecule has 1 saturated carbocycles. The lowest BCUT2D eigenvalue weighted by Gasteiger charge is -2.42. The molecule has 0 spiro atoms. The highest BCUT2D eigenvalue weighted by Crippen LogP contribution is 2.43. The van der Waals surface area contributed by atoms with Crippen molar-refractivity contribution in [3.05, 3.63) is 17.5 Å². The summed E-state index contributed by atoms with van der Waals surface area (Å²) in [5.41, 5.74) is 1.34. The second kappa shape index (κ2) is 10.9. The Morgan fingerprint density at radius 2 is 2.17 bits per heavy atom. The van der Waals surface area contributed by atoms with E-state index in [2.05, 4.69) is 34.6 Å². The topological polar surface area (TPSA) is 71.7 Å². The number of ether oxygens (including phenoxy) is 1. The normalized spacial score (nSPS) is 16.2. The number of nitrogens with zero attached hydrogens (tertiary/aromatic N) is 2. The van der Waals surface area contributed by atoms with Crippen LogP contribution in [0.1, 0.15) is 51.0 Å². The van der Waals surface area contributed by atoms with Crippen LogP contribution in [-0.2, 0) is 17.7 Å². The van der Waals surface area contributed by atoms with Crippen LogP contribution in [0.25, 0.3) is 0 Å². The Hall–Kier alpha value is -0.830. The Kier molecular flexibility index (Phi) is 9.65. The molecule has 1 aromatic rings. The lowest BCUT2D eigenvalue weighted by molar-refractivity contribution is 0.0732. The third-order valence-electron chi connectivity index (χ3n) is 4.59. The fourth-order valence-electron chi connectivity index (χ4n) is 2.88. The van der Waals surface area contributed by atoms with Gasteiger partial charge in [-0.05, 0) is 38.0 Å². The third kappa shape index (κ3) is 6.23. The Morgan fingerprint density at radius 3 is 2.71 bits per heavy atom. The van der Waals surface area contributed by atoms with Crippen molar-refractivity contribution >= 4 is 29.9 Å². The summed E-state index contributed by atoms with van der Waals surface area (Å²) in [5, 5.41) is 10.8. The second-order valence-corrected chi connectivity index (χ2v) is 6.28. The van der Waals surface area contributed by atoms with Crippen LogP contribution in [0.5, 0.6) is 0 Å². The first-order valence-electron chi connectivity index (χ1n) is 8.67. The van der Waals surface area contributed by atoms with Crippen molar-refractivity contribution in [3.8, 4) is 0 Å². The monoisotopic (exact) mass is 450 g/mol. The van der Waals surface area contributed by atoms with Crippen LogP contribution >= 0.6 is 24.0 Å². The van der Waals surface area contributed by atoms with Crippen molar-refractivity contribution in [3.63, 3.8) is 0 Å². The predicted molar refractivity (Wildman–Crippen MR) is 107 cm³/mol. The van der Waals surface area contributed by atoms with E-state index in [0.29, 0.717) is 12.0 Å². The molecule has 2 rings (SSSR count). The van der Waals surface area contributed by atoms with Gasteiger partial charge in [0.2, 0.25) is 0 Å². The number of hydrogen-bond donors (Lipinski definition) is 2. The van der Waals surface area contributed by atoms with Gasteiger partial charge in [-0.1, -0.05) is 18.5 Å². The van der Waals surface area contributed by atoms with E-state index < -0.39 is 0 Å². The maximum absolute atomic E-state index is 5.29. The zero-order chi connectivity index (χ0) is 16.5. The van der Waals surface area contributed by atoms with E-state index in [1.807, 2.05) is 6.07 Å². The quantitative estimate of drug-likeness (QED) is 0.344. The highest BCUT2D eigenvalue weighted by Gasteiger charge is 2.36. The zero-order valence-corrected chi connectivity index (χ0v) is 17.4. The highest BCUT2D eigenvalue weighted by atomic mass is 127. The summed E-state index contributed by atoms with van der Waals surface area (Å²) in [5.74, 6) is 1.64. The number of nitrogens with one attached hydrogen (secondary N) is 2. The summed E-state index contributed by atoms with van der Waals surface area (Å²) in [4.78, 5) is 4.60. The molecule has 1 fully saturated rings. The average Bonchev–Trinajstić information content (AvgIpc) is 2.99. The summed E-state index contributed by atoms with van der Waals surface area (Å²) in [7, 11) is 1.77. The maximum Gasteiger partial charge on any atom is 0.191 e. The molecule has 7 heteroatoms. The van der Waals surface area contributed by atoms with E-state index in [0.717, 1.165) is 50.0 Å². The van der Waals surface area contributed by atoms with Crippen LogP contribution in [0.15, 0.2) is 15.6 Å². The van der Waals surface area contributed by atoms with Crippen LogP contribution in [-0.4, -0.2) is 37.9 Å². The van der Waals surface area contributed by atoms with Crippen LogP contribution in [0.2, 0.25) is 0 Å². The minimum absolute atomic E-state index is 0. The summed E-state index contributed by atoms with van der Waals surface area (Å²) < 4.78 is 10.5. The number of aromatic nitrogens is 1. The Balaban J connectivity index is 0.00000288. The van der Waals surface area contributed by atoms with Crippen molar-refractivity contribution in [2.75, 3.05) is 26.8 Å². The van der Waals surface area contributed by atoms with Gasteiger partial charge in [0, 0.05) is 32.9 Å². The molecular weight excluding hydrogens is 419 g/mol. The van der Waals surface area contributed by atoms with E-state index in [9.17, 15) is 0 Å². The van der Waals surface area contributed by atoms with Crippen LogP contribution in [0.4, 0.5) is 0 Å². The molecule has 0 aliphatic heterocycles. The number of guanidine groups is 1. The number of aliphatic imine (C=N–C) groups is 1. The zero-order valence-electron chi connectivity index (χ0n) is 15.1. The van der Waals surface area contributed by atoms with Crippen molar-refractivity contribution in [2.45, 2.75) is 52.5 Å². The highest BCUT2D eigenvalue weighted by molar-refractivity contribution is 14.0. The molecule has 2 N–H and O–H groups in total. The van der Waals surface area contributed by atoms with Crippen molar-refractivity contribution in [2.24, 2.45) is 10.4 Å². The van der Waals surface area contributed by atoms with Gasteiger partial charge in [-0.2, -0.15) is 0 Å². The van der Waals surface area contributed by atoms with Gasteiger partial charge in [0.25, 0.3) is 0 Å². The van der Waals surface area contributed by atoms with Crippen LogP contribution in [0, 0.1) is 5.41 Å². The molecule has 138 valence electrons. The number of rotatable bonds is 9. The largest absolute Gasteiger partial charge is 0.385 e. The van der Waals surface area contributed by atoms with Gasteiger partial charge in [-0.3, -0.25) is 0 Å². The van der Waals surface area contributed by atoms with Crippen molar-refractivity contribution in [1.29, 1.82) is 0 Å². The summed E-state index contributed by atoms with van der Waals surface area (Å²) in [6, 6.07) is 1.97. The molecule has 6 nitrogen and oxygen atoms in total. The number of halogens is 1. The summed E-state index contributed by atoms with van der Waals surface area (Å²) >= 11 is 0. The van der Waals surface area contributed by atoms with Gasteiger partial charge in [0.05, 0.1) is 5.69 Å². The van der Waals surface area contributed by atoms with E-state index >= 15 is 0 Å². The maximum atomic E-state index is 5.29. The molecule has 0 atom stereocenters. The van der Waals surface area contributed by atoms with E-state index in [1.165, 1.54) is 19.3 Å². The number of methoxy groups -OCH3 is 1. The Labute approximate surface area is 162 Å². The van der Waals surface area contributed by atoms with Gasteiger partial charge < -0.3 is 19.9 Å². The van der Waals surface area contributed by atoms with Gasteiger partial charge in [-0.15, -0.1) is 24.0 Å². The lowest BCUT2D eigenvalue weighted by Crippen LogP contribution is -2.46. The average molecular weight is 450 g/mol. The van der Waals surface area contributed by atoms with Gasteiger partial charge in [-0.25, -0.2) is 4.99 Å². The van der Waals surface area contributed by atoms with Gasteiger partial charge >= 0.3 is 0 Å². The smallest absolute Gasteiger partial charge is 0.191 e. The Bertz CT molecular complexity index is 501. The molecule has 24 heavy (non-hydrogen) atoms. The molecular formula is C17H31IN4O2. The van der Waals surface area contributed by atoms with Gasteiger partial charge in [0.1, 0.15) is 6.54 Å². The van der Waals surface area contributed by atoms with Crippen molar-refractivity contribution in [1.82, 2.24) is 15.8 Å².